The van der Waals surface area contributed by atoms with Crippen LogP contribution in [0.5, 0.6) is 5.75 Å². The zero-order valence-electron chi connectivity index (χ0n) is 11.5. The third kappa shape index (κ3) is 3.37. The van der Waals surface area contributed by atoms with Gasteiger partial charge in [0.2, 0.25) is 0 Å². The minimum Gasteiger partial charge on any atom is -0.507 e. The van der Waals surface area contributed by atoms with Crippen LogP contribution >= 0.6 is 23.2 Å². The molecular weight excluding hydrogens is 339 g/mol. The Balaban J connectivity index is 2.88. The van der Waals surface area contributed by atoms with Gasteiger partial charge in [-0.25, -0.2) is 4.85 Å². The fourth-order valence-corrected chi connectivity index (χ4v) is 2.41. The predicted octanol–water partition coefficient (Wildman–Crippen LogP) is 3.33. The molecule has 0 fully saturated rings. The number of aromatic hydroxyl groups is 1. The van der Waals surface area contributed by atoms with Crippen LogP contribution in [-0.4, -0.2) is 17.0 Å². The van der Waals surface area contributed by atoms with Gasteiger partial charge in [-0.15, -0.1) is 0 Å². The first-order valence-corrected chi connectivity index (χ1v) is 6.93. The number of guanidine groups is 1. The summed E-state index contributed by atoms with van der Waals surface area (Å²) < 4.78 is 0. The lowest BCUT2D eigenvalue weighted by Gasteiger charge is -2.13. The molecule has 116 valence electrons. The Labute approximate surface area is 141 Å². The van der Waals surface area contributed by atoms with Crippen molar-refractivity contribution >= 4 is 40.8 Å². The summed E-state index contributed by atoms with van der Waals surface area (Å²) in [5.41, 5.74) is 10.7. The molecule has 0 radical (unpaired) electrons. The molecule has 0 saturated heterocycles. The smallest absolute Gasteiger partial charge is 0.283 e. The van der Waals surface area contributed by atoms with Gasteiger partial charge in [0.25, 0.3) is 5.91 Å². The van der Waals surface area contributed by atoms with E-state index in [4.69, 9.17) is 41.2 Å². The molecule has 0 aliphatic rings. The van der Waals surface area contributed by atoms with Crippen LogP contribution < -0.4 is 11.5 Å². The highest BCUT2D eigenvalue weighted by molar-refractivity contribution is 6.36. The van der Waals surface area contributed by atoms with Gasteiger partial charge < -0.3 is 16.6 Å². The summed E-state index contributed by atoms with van der Waals surface area (Å²) in [4.78, 5) is 19.0. The molecule has 2 rings (SSSR count). The van der Waals surface area contributed by atoms with E-state index in [1.54, 1.807) is 6.07 Å². The fraction of sp³-hybridized carbons (Fsp3) is 0. The Kier molecular flexibility index (Phi) is 4.74. The second-order valence-electron chi connectivity index (χ2n) is 4.43. The number of nitrogens with two attached hydrogens (primary N) is 2. The number of benzene rings is 2. The molecule has 0 atom stereocenters. The highest BCUT2D eigenvalue weighted by Crippen LogP contribution is 2.42. The standard InChI is InChI=1S/C15H10Cl2N4O2/c1-20-10-4-5-11(22)13(14(23)21-15(18)19)12(10)8-6-7(16)2-3-9(8)17/h2-6,22H,(H4,18,19,21,23). The Morgan fingerprint density at radius 1 is 1.22 bits per heavy atom. The predicted molar refractivity (Wildman–Crippen MR) is 90.0 cm³/mol. The van der Waals surface area contributed by atoms with E-state index >= 15 is 0 Å². The molecule has 0 heterocycles. The number of amides is 1. The lowest BCUT2D eigenvalue weighted by molar-refractivity contribution is 0.100. The van der Waals surface area contributed by atoms with Crippen molar-refractivity contribution in [2.45, 2.75) is 0 Å². The first-order chi connectivity index (χ1) is 10.8. The summed E-state index contributed by atoms with van der Waals surface area (Å²) >= 11 is 12.1. The van der Waals surface area contributed by atoms with E-state index in [0.717, 1.165) is 0 Å². The summed E-state index contributed by atoms with van der Waals surface area (Å²) in [5.74, 6) is -1.73. The quantitative estimate of drug-likeness (QED) is 0.439. The van der Waals surface area contributed by atoms with Crippen molar-refractivity contribution in [3.8, 4) is 16.9 Å². The maximum Gasteiger partial charge on any atom is 0.283 e. The topological polar surface area (TPSA) is 106 Å². The summed E-state index contributed by atoms with van der Waals surface area (Å²) in [6.07, 6.45) is 0. The molecule has 5 N–H and O–H groups in total. The lowest BCUT2D eigenvalue weighted by atomic mass is 9.96. The molecule has 2 aromatic carbocycles. The van der Waals surface area contributed by atoms with Crippen LogP contribution in [0.1, 0.15) is 10.4 Å². The van der Waals surface area contributed by atoms with E-state index in [0.29, 0.717) is 10.6 Å². The molecule has 8 heteroatoms. The number of rotatable bonds is 2. The molecule has 23 heavy (non-hydrogen) atoms. The number of phenols is 1. The van der Waals surface area contributed by atoms with Crippen molar-refractivity contribution in [1.29, 1.82) is 0 Å². The molecule has 1 amide bonds. The number of carbonyl (C=O) groups excluding carboxylic acids is 1. The van der Waals surface area contributed by atoms with E-state index in [-0.39, 0.29) is 27.6 Å². The van der Waals surface area contributed by atoms with Crippen LogP contribution in [0.15, 0.2) is 35.3 Å². The fourth-order valence-electron chi connectivity index (χ4n) is 2.03. The Bertz CT molecular complexity index is 869. The number of nitrogens with zero attached hydrogens (tertiary/aromatic N) is 2. The molecule has 0 unspecified atom stereocenters. The molecule has 0 aliphatic carbocycles. The van der Waals surface area contributed by atoms with E-state index < -0.39 is 11.9 Å². The lowest BCUT2D eigenvalue weighted by Crippen LogP contribution is -2.24. The number of aliphatic imine (C=N–C) groups is 1. The van der Waals surface area contributed by atoms with Crippen molar-refractivity contribution < 1.29 is 9.90 Å². The van der Waals surface area contributed by atoms with Gasteiger partial charge in [0.15, 0.2) is 11.6 Å². The van der Waals surface area contributed by atoms with Crippen molar-refractivity contribution in [3.05, 3.63) is 57.4 Å². The third-order valence-electron chi connectivity index (χ3n) is 2.92. The minimum absolute atomic E-state index is 0.0982. The van der Waals surface area contributed by atoms with Crippen molar-refractivity contribution in [2.75, 3.05) is 0 Å². The van der Waals surface area contributed by atoms with Gasteiger partial charge in [0.1, 0.15) is 5.75 Å². The van der Waals surface area contributed by atoms with Crippen LogP contribution in [0, 0.1) is 6.57 Å². The van der Waals surface area contributed by atoms with E-state index in [2.05, 4.69) is 9.84 Å². The largest absolute Gasteiger partial charge is 0.507 e. The molecular formula is C15H10Cl2N4O2. The highest BCUT2D eigenvalue weighted by Gasteiger charge is 2.22. The monoisotopic (exact) mass is 348 g/mol. The number of hydrogen-bond acceptors (Lipinski definition) is 2. The second-order valence-corrected chi connectivity index (χ2v) is 5.28. The average Bonchev–Trinajstić information content (AvgIpc) is 2.48. The SMILES string of the molecule is [C-]#[N+]c1ccc(O)c(C(=O)N=C(N)N)c1-c1cc(Cl)ccc1Cl. The summed E-state index contributed by atoms with van der Waals surface area (Å²) in [5, 5.41) is 10.7. The number of carbonyl (C=O) groups is 1. The van der Waals surface area contributed by atoms with Gasteiger partial charge in [-0.05, 0) is 29.8 Å². The van der Waals surface area contributed by atoms with Crippen molar-refractivity contribution in [2.24, 2.45) is 16.5 Å². The van der Waals surface area contributed by atoms with Gasteiger partial charge >= 0.3 is 0 Å². The summed E-state index contributed by atoms with van der Waals surface area (Å²) in [7, 11) is 0. The van der Waals surface area contributed by atoms with Gasteiger partial charge in [-0.3, -0.25) is 4.79 Å². The van der Waals surface area contributed by atoms with Crippen LogP contribution in [0.2, 0.25) is 10.0 Å². The highest BCUT2D eigenvalue weighted by atomic mass is 35.5. The third-order valence-corrected chi connectivity index (χ3v) is 3.49. The van der Waals surface area contributed by atoms with Gasteiger partial charge in [0, 0.05) is 15.6 Å². The number of hydrogen-bond donors (Lipinski definition) is 3. The minimum atomic E-state index is -0.890. The average molecular weight is 349 g/mol. The van der Waals surface area contributed by atoms with Crippen molar-refractivity contribution in [3.63, 3.8) is 0 Å². The number of halogens is 2. The van der Waals surface area contributed by atoms with Gasteiger partial charge in [-0.2, -0.15) is 4.99 Å². The number of phenolic OH excluding ortho intramolecular Hbond substituents is 1. The Hall–Kier alpha value is -2.75. The van der Waals surface area contributed by atoms with E-state index in [1.807, 2.05) is 0 Å². The maximum atomic E-state index is 12.2. The molecule has 0 aliphatic heterocycles. The normalized spacial score (nSPS) is 9.96. The zero-order valence-corrected chi connectivity index (χ0v) is 13.1. The van der Waals surface area contributed by atoms with E-state index in [1.165, 1.54) is 24.3 Å². The zero-order chi connectivity index (χ0) is 17.1. The molecule has 2 aromatic rings. The summed E-state index contributed by atoms with van der Waals surface area (Å²) in [6, 6.07) is 7.14. The molecule has 0 spiro atoms. The van der Waals surface area contributed by atoms with Crippen LogP contribution in [-0.2, 0) is 0 Å². The van der Waals surface area contributed by atoms with Crippen LogP contribution in [0.3, 0.4) is 0 Å². The van der Waals surface area contributed by atoms with Gasteiger partial charge in [0.05, 0.1) is 12.1 Å². The van der Waals surface area contributed by atoms with Crippen molar-refractivity contribution in [1.82, 2.24) is 0 Å². The van der Waals surface area contributed by atoms with Crippen LogP contribution in [0.4, 0.5) is 5.69 Å². The van der Waals surface area contributed by atoms with Gasteiger partial charge in [-0.1, -0.05) is 29.3 Å². The maximum absolute atomic E-state index is 12.2. The first kappa shape index (κ1) is 16.6. The molecule has 6 nitrogen and oxygen atoms in total. The molecule has 0 saturated carbocycles. The summed E-state index contributed by atoms with van der Waals surface area (Å²) in [6.45, 7) is 7.28. The molecule has 0 bridgehead atoms. The Morgan fingerprint density at radius 2 is 1.91 bits per heavy atom. The van der Waals surface area contributed by atoms with Crippen LogP contribution in [0.25, 0.3) is 16.0 Å². The Morgan fingerprint density at radius 3 is 2.52 bits per heavy atom. The first-order valence-electron chi connectivity index (χ1n) is 6.18. The molecule has 0 aromatic heterocycles. The van der Waals surface area contributed by atoms with E-state index in [9.17, 15) is 9.90 Å². The second kappa shape index (κ2) is 6.57.